The molecular formula is C17H17ClFN3O2. The van der Waals surface area contributed by atoms with Crippen molar-refractivity contribution < 1.29 is 14.0 Å². The number of anilines is 3. The Bertz CT molecular complexity index is 780. The van der Waals surface area contributed by atoms with Gasteiger partial charge in [0.2, 0.25) is 11.8 Å². The first-order valence-corrected chi connectivity index (χ1v) is 7.60. The Morgan fingerprint density at radius 3 is 2.50 bits per heavy atom. The first-order valence-electron chi connectivity index (χ1n) is 7.23. The predicted molar refractivity (Wildman–Crippen MR) is 94.0 cm³/mol. The zero-order valence-corrected chi connectivity index (χ0v) is 14.0. The Hall–Kier alpha value is -2.60. The number of benzene rings is 2. The summed E-state index contributed by atoms with van der Waals surface area (Å²) in [6.45, 7) is 3.19. The summed E-state index contributed by atoms with van der Waals surface area (Å²) in [7, 11) is 0. The molecule has 0 saturated carbocycles. The fraction of sp³-hybridized carbons (Fsp3) is 0.176. The molecule has 24 heavy (non-hydrogen) atoms. The summed E-state index contributed by atoms with van der Waals surface area (Å²) in [5, 5.41) is 8.46. The number of rotatable bonds is 5. The van der Waals surface area contributed by atoms with Crippen molar-refractivity contribution >= 4 is 40.5 Å². The van der Waals surface area contributed by atoms with E-state index in [1.807, 2.05) is 6.92 Å². The summed E-state index contributed by atoms with van der Waals surface area (Å²) in [6, 6.07) is 9.25. The fourth-order valence-corrected chi connectivity index (χ4v) is 2.29. The van der Waals surface area contributed by atoms with E-state index in [9.17, 15) is 14.0 Å². The molecule has 0 fully saturated rings. The molecule has 2 aromatic rings. The van der Waals surface area contributed by atoms with Crippen molar-refractivity contribution in [3.8, 4) is 0 Å². The van der Waals surface area contributed by atoms with Gasteiger partial charge in [-0.3, -0.25) is 9.59 Å². The van der Waals surface area contributed by atoms with Crippen molar-refractivity contribution in [2.45, 2.75) is 13.8 Å². The summed E-state index contributed by atoms with van der Waals surface area (Å²) in [4.78, 5) is 23.1. The van der Waals surface area contributed by atoms with Crippen LogP contribution in [0.5, 0.6) is 0 Å². The Labute approximate surface area is 144 Å². The van der Waals surface area contributed by atoms with E-state index in [-0.39, 0.29) is 18.1 Å². The molecule has 0 atom stereocenters. The molecule has 3 N–H and O–H groups in total. The maximum Gasteiger partial charge on any atom is 0.243 e. The molecule has 5 nitrogen and oxygen atoms in total. The second kappa shape index (κ2) is 7.79. The van der Waals surface area contributed by atoms with Crippen LogP contribution in [0.4, 0.5) is 21.5 Å². The quantitative estimate of drug-likeness (QED) is 0.769. The molecule has 0 bridgehead atoms. The molecule has 7 heteroatoms. The first-order chi connectivity index (χ1) is 11.4. The second-order valence-corrected chi connectivity index (χ2v) is 5.62. The maximum absolute atomic E-state index is 13.6. The number of carbonyl (C=O) groups is 2. The fourth-order valence-electron chi connectivity index (χ4n) is 2.12. The van der Waals surface area contributed by atoms with Gasteiger partial charge in [-0.2, -0.15) is 0 Å². The molecule has 0 heterocycles. The normalized spacial score (nSPS) is 10.2. The third kappa shape index (κ3) is 4.70. The van der Waals surface area contributed by atoms with Gasteiger partial charge in [-0.15, -0.1) is 0 Å². The van der Waals surface area contributed by atoms with Crippen LogP contribution in [0.25, 0.3) is 0 Å². The van der Waals surface area contributed by atoms with Gasteiger partial charge in [-0.25, -0.2) is 4.39 Å². The van der Waals surface area contributed by atoms with E-state index >= 15 is 0 Å². The number of carbonyl (C=O) groups excluding carboxylic acids is 2. The highest BCUT2D eigenvalue weighted by Gasteiger charge is 2.09. The molecule has 0 radical (unpaired) electrons. The zero-order valence-electron chi connectivity index (χ0n) is 13.2. The smallest absolute Gasteiger partial charge is 0.243 e. The average Bonchev–Trinajstić information content (AvgIpc) is 2.51. The van der Waals surface area contributed by atoms with E-state index in [4.69, 9.17) is 11.6 Å². The van der Waals surface area contributed by atoms with Gasteiger partial charge in [0.25, 0.3) is 0 Å². The molecule has 0 saturated heterocycles. The SMILES string of the molecule is CC(=O)Nc1cccc(NCC(=O)Nc2cc(Cl)ccc2F)c1C. The largest absolute Gasteiger partial charge is 0.376 e. The van der Waals surface area contributed by atoms with E-state index in [2.05, 4.69) is 16.0 Å². The van der Waals surface area contributed by atoms with Gasteiger partial charge in [0.05, 0.1) is 12.2 Å². The third-order valence-corrected chi connectivity index (χ3v) is 3.52. The lowest BCUT2D eigenvalue weighted by molar-refractivity contribution is -0.115. The van der Waals surface area contributed by atoms with Crippen LogP contribution in [0.15, 0.2) is 36.4 Å². The van der Waals surface area contributed by atoms with Crippen LogP contribution >= 0.6 is 11.6 Å². The molecule has 0 aliphatic carbocycles. The van der Waals surface area contributed by atoms with Gasteiger partial charge >= 0.3 is 0 Å². The standard InChI is InChI=1S/C17H17ClFN3O2/c1-10-14(4-3-5-15(10)21-11(2)23)20-9-17(24)22-16-8-12(18)6-7-13(16)19/h3-8,20H,9H2,1-2H3,(H,21,23)(H,22,24). The van der Waals surface area contributed by atoms with Crippen molar-refractivity contribution in [3.05, 3.63) is 52.8 Å². The van der Waals surface area contributed by atoms with Crippen molar-refractivity contribution in [2.24, 2.45) is 0 Å². The minimum atomic E-state index is -0.559. The average molecular weight is 350 g/mol. The molecule has 0 aliphatic heterocycles. The number of hydrogen-bond acceptors (Lipinski definition) is 3. The van der Waals surface area contributed by atoms with Gasteiger partial charge in [-0.05, 0) is 42.8 Å². The van der Waals surface area contributed by atoms with E-state index < -0.39 is 11.7 Å². The van der Waals surface area contributed by atoms with E-state index in [1.165, 1.54) is 25.1 Å². The topological polar surface area (TPSA) is 70.2 Å². The number of nitrogens with one attached hydrogen (secondary N) is 3. The highest BCUT2D eigenvalue weighted by atomic mass is 35.5. The number of hydrogen-bond donors (Lipinski definition) is 3. The Balaban J connectivity index is 2.01. The van der Waals surface area contributed by atoms with E-state index in [0.717, 1.165) is 5.56 Å². The van der Waals surface area contributed by atoms with Crippen LogP contribution in [-0.2, 0) is 9.59 Å². The van der Waals surface area contributed by atoms with E-state index in [1.54, 1.807) is 18.2 Å². The minimum absolute atomic E-state index is 0.0259. The lowest BCUT2D eigenvalue weighted by Crippen LogP contribution is -2.22. The third-order valence-electron chi connectivity index (χ3n) is 3.29. The van der Waals surface area contributed by atoms with Crippen molar-refractivity contribution in [3.63, 3.8) is 0 Å². The van der Waals surface area contributed by atoms with Crippen LogP contribution in [-0.4, -0.2) is 18.4 Å². The molecule has 2 aromatic carbocycles. The van der Waals surface area contributed by atoms with E-state index in [0.29, 0.717) is 16.4 Å². The van der Waals surface area contributed by atoms with Crippen LogP contribution in [0.2, 0.25) is 5.02 Å². The van der Waals surface area contributed by atoms with Crippen molar-refractivity contribution in [2.75, 3.05) is 22.5 Å². The van der Waals surface area contributed by atoms with Gasteiger partial charge in [0, 0.05) is 23.3 Å². The summed E-state index contributed by atoms with van der Waals surface area (Å²) >= 11 is 5.78. The molecule has 126 valence electrons. The highest BCUT2D eigenvalue weighted by Crippen LogP contribution is 2.23. The molecular weight excluding hydrogens is 333 g/mol. The van der Waals surface area contributed by atoms with Crippen molar-refractivity contribution in [1.82, 2.24) is 0 Å². The molecule has 0 unspecified atom stereocenters. The van der Waals surface area contributed by atoms with Gasteiger partial charge in [-0.1, -0.05) is 17.7 Å². The van der Waals surface area contributed by atoms with Crippen LogP contribution in [0.1, 0.15) is 12.5 Å². The van der Waals surface area contributed by atoms with Crippen molar-refractivity contribution in [1.29, 1.82) is 0 Å². The summed E-state index contributed by atoms with van der Waals surface area (Å²) in [6.07, 6.45) is 0. The minimum Gasteiger partial charge on any atom is -0.376 e. The summed E-state index contributed by atoms with van der Waals surface area (Å²) in [5.74, 6) is -1.15. The Kier molecular flexibility index (Phi) is 5.76. The predicted octanol–water partition coefficient (Wildman–Crippen LogP) is 3.80. The maximum atomic E-state index is 13.6. The highest BCUT2D eigenvalue weighted by molar-refractivity contribution is 6.30. The van der Waals surface area contributed by atoms with Crippen LogP contribution in [0.3, 0.4) is 0 Å². The van der Waals surface area contributed by atoms with Gasteiger partial charge in [0.15, 0.2) is 0 Å². The molecule has 0 aromatic heterocycles. The summed E-state index contributed by atoms with van der Waals surface area (Å²) in [5.41, 5.74) is 2.18. The number of amides is 2. The zero-order chi connectivity index (χ0) is 17.7. The van der Waals surface area contributed by atoms with Crippen LogP contribution in [0, 0.1) is 12.7 Å². The number of halogens is 2. The molecule has 0 aliphatic rings. The molecule has 2 rings (SSSR count). The lowest BCUT2D eigenvalue weighted by atomic mass is 10.1. The van der Waals surface area contributed by atoms with Crippen LogP contribution < -0.4 is 16.0 Å². The Morgan fingerprint density at radius 1 is 1.08 bits per heavy atom. The molecule has 0 spiro atoms. The van der Waals surface area contributed by atoms with Gasteiger partial charge in [0.1, 0.15) is 5.82 Å². The summed E-state index contributed by atoms with van der Waals surface area (Å²) < 4.78 is 13.6. The lowest BCUT2D eigenvalue weighted by Gasteiger charge is -2.13. The Morgan fingerprint density at radius 2 is 1.79 bits per heavy atom. The van der Waals surface area contributed by atoms with Gasteiger partial charge < -0.3 is 16.0 Å². The molecule has 2 amide bonds. The monoisotopic (exact) mass is 349 g/mol. The first kappa shape index (κ1) is 17.7. The second-order valence-electron chi connectivity index (χ2n) is 5.19.